The standard InChI is InChI=1S/C20H19N3O3S/c1-14-19(15-6-3-2-4-7-15)27-20(22-14)23-18(25)11-12-21-17(24)10-9-16-8-5-13-26-16/h2-10,13H,11-12H2,1H3,(H,21,24)(H,22,23,25)/b10-9+. The van der Waals surface area contributed by atoms with Crippen molar-refractivity contribution >= 4 is 34.4 Å². The highest BCUT2D eigenvalue weighted by Crippen LogP contribution is 2.32. The summed E-state index contributed by atoms with van der Waals surface area (Å²) in [5.74, 6) is 0.116. The number of aryl methyl sites for hydroxylation is 1. The van der Waals surface area contributed by atoms with Crippen LogP contribution < -0.4 is 10.6 Å². The lowest BCUT2D eigenvalue weighted by atomic mass is 10.2. The molecule has 2 amide bonds. The maximum atomic E-state index is 12.1. The monoisotopic (exact) mass is 381 g/mol. The number of carbonyl (C=O) groups excluding carboxylic acids is 2. The van der Waals surface area contributed by atoms with Gasteiger partial charge in [-0.3, -0.25) is 9.59 Å². The Hall–Kier alpha value is -3.19. The molecule has 0 saturated carbocycles. The Morgan fingerprint density at radius 2 is 2.00 bits per heavy atom. The number of amides is 2. The highest BCUT2D eigenvalue weighted by molar-refractivity contribution is 7.19. The third-order valence-corrected chi connectivity index (χ3v) is 4.79. The van der Waals surface area contributed by atoms with E-state index in [1.54, 1.807) is 18.2 Å². The van der Waals surface area contributed by atoms with Crippen molar-refractivity contribution in [3.05, 3.63) is 66.3 Å². The maximum Gasteiger partial charge on any atom is 0.244 e. The van der Waals surface area contributed by atoms with Crippen molar-refractivity contribution in [1.82, 2.24) is 10.3 Å². The highest BCUT2D eigenvalue weighted by atomic mass is 32.1. The van der Waals surface area contributed by atoms with Gasteiger partial charge < -0.3 is 15.1 Å². The zero-order chi connectivity index (χ0) is 19.1. The molecule has 138 valence electrons. The summed E-state index contributed by atoms with van der Waals surface area (Å²) in [5, 5.41) is 6.00. The molecule has 27 heavy (non-hydrogen) atoms. The van der Waals surface area contributed by atoms with Gasteiger partial charge in [0.15, 0.2) is 5.13 Å². The third-order valence-electron chi connectivity index (χ3n) is 3.67. The molecule has 0 aliphatic heterocycles. The molecule has 0 spiro atoms. The Balaban J connectivity index is 1.46. The van der Waals surface area contributed by atoms with Gasteiger partial charge in [-0.25, -0.2) is 4.98 Å². The van der Waals surface area contributed by atoms with Gasteiger partial charge >= 0.3 is 0 Å². The van der Waals surface area contributed by atoms with E-state index in [1.165, 1.54) is 23.7 Å². The summed E-state index contributed by atoms with van der Waals surface area (Å²) in [6.07, 6.45) is 4.64. The van der Waals surface area contributed by atoms with Crippen molar-refractivity contribution in [2.75, 3.05) is 11.9 Å². The van der Waals surface area contributed by atoms with Crippen LogP contribution in [0.15, 0.2) is 59.2 Å². The van der Waals surface area contributed by atoms with Crippen molar-refractivity contribution in [2.24, 2.45) is 0 Å². The van der Waals surface area contributed by atoms with Gasteiger partial charge in [-0.2, -0.15) is 0 Å². The Kier molecular flexibility index (Phi) is 6.17. The van der Waals surface area contributed by atoms with Gasteiger partial charge in [0.2, 0.25) is 11.8 Å². The number of nitrogens with zero attached hydrogens (tertiary/aromatic N) is 1. The van der Waals surface area contributed by atoms with Crippen LogP contribution in [0.1, 0.15) is 17.9 Å². The smallest absolute Gasteiger partial charge is 0.244 e. The van der Waals surface area contributed by atoms with Gasteiger partial charge in [0, 0.05) is 19.0 Å². The number of furan rings is 1. The topological polar surface area (TPSA) is 84.2 Å². The average Bonchev–Trinajstić information content (AvgIpc) is 3.30. The minimum atomic E-state index is -0.282. The molecule has 3 rings (SSSR count). The van der Waals surface area contributed by atoms with Crippen LogP contribution in [0.25, 0.3) is 16.5 Å². The molecule has 2 aromatic heterocycles. The maximum absolute atomic E-state index is 12.1. The molecule has 6 nitrogen and oxygen atoms in total. The fourth-order valence-corrected chi connectivity index (χ4v) is 3.38. The van der Waals surface area contributed by atoms with Crippen LogP contribution in [-0.2, 0) is 9.59 Å². The van der Waals surface area contributed by atoms with Crippen molar-refractivity contribution in [3.8, 4) is 10.4 Å². The van der Waals surface area contributed by atoms with Crippen LogP contribution in [0.4, 0.5) is 5.13 Å². The summed E-state index contributed by atoms with van der Waals surface area (Å²) in [5.41, 5.74) is 1.95. The van der Waals surface area contributed by atoms with Crippen LogP contribution in [0.3, 0.4) is 0 Å². The van der Waals surface area contributed by atoms with Crippen LogP contribution in [-0.4, -0.2) is 23.3 Å². The molecule has 0 aliphatic carbocycles. The summed E-state index contributed by atoms with van der Waals surface area (Å²) in [4.78, 5) is 29.2. The Labute approximate surface area is 160 Å². The van der Waals surface area contributed by atoms with Crippen LogP contribution in [0.5, 0.6) is 0 Å². The zero-order valence-corrected chi connectivity index (χ0v) is 15.6. The van der Waals surface area contributed by atoms with Gasteiger partial charge in [0.05, 0.1) is 16.8 Å². The largest absolute Gasteiger partial charge is 0.465 e. The fourth-order valence-electron chi connectivity index (χ4n) is 2.39. The second-order valence-corrected chi connectivity index (χ2v) is 6.74. The molecule has 1 aromatic carbocycles. The van der Waals surface area contributed by atoms with E-state index in [0.29, 0.717) is 10.9 Å². The Bertz CT molecular complexity index is 931. The lowest BCUT2D eigenvalue weighted by Gasteiger charge is -2.02. The summed E-state index contributed by atoms with van der Waals surface area (Å²) in [6, 6.07) is 13.4. The van der Waals surface area contributed by atoms with E-state index in [2.05, 4.69) is 15.6 Å². The number of nitrogens with one attached hydrogen (secondary N) is 2. The van der Waals surface area contributed by atoms with Gasteiger partial charge in [-0.15, -0.1) is 0 Å². The van der Waals surface area contributed by atoms with Crippen molar-refractivity contribution in [3.63, 3.8) is 0 Å². The predicted molar refractivity (Wildman–Crippen MR) is 106 cm³/mol. The van der Waals surface area contributed by atoms with Crippen molar-refractivity contribution < 1.29 is 14.0 Å². The second-order valence-electron chi connectivity index (χ2n) is 5.74. The lowest BCUT2D eigenvalue weighted by Crippen LogP contribution is -2.26. The normalized spacial score (nSPS) is 10.9. The number of rotatable bonds is 7. The number of hydrogen-bond donors (Lipinski definition) is 2. The first-order chi connectivity index (χ1) is 13.1. The van der Waals surface area contributed by atoms with Gasteiger partial charge in [0.1, 0.15) is 5.76 Å². The van der Waals surface area contributed by atoms with Gasteiger partial charge in [-0.05, 0) is 30.7 Å². The zero-order valence-electron chi connectivity index (χ0n) is 14.8. The molecule has 2 heterocycles. The molecule has 0 fully saturated rings. The fraction of sp³-hybridized carbons (Fsp3) is 0.150. The molecular formula is C20H19N3O3S. The average molecular weight is 381 g/mol. The molecule has 0 atom stereocenters. The highest BCUT2D eigenvalue weighted by Gasteiger charge is 2.11. The summed E-state index contributed by atoms with van der Waals surface area (Å²) >= 11 is 1.44. The third kappa shape index (κ3) is 5.39. The lowest BCUT2D eigenvalue weighted by molar-refractivity contribution is -0.117. The number of anilines is 1. The number of aromatic nitrogens is 1. The van der Waals surface area contributed by atoms with Crippen LogP contribution in [0.2, 0.25) is 0 Å². The van der Waals surface area contributed by atoms with Crippen molar-refractivity contribution in [2.45, 2.75) is 13.3 Å². The van der Waals surface area contributed by atoms with Gasteiger partial charge in [0.25, 0.3) is 0 Å². The van der Waals surface area contributed by atoms with Crippen LogP contribution in [0, 0.1) is 6.92 Å². The van der Waals surface area contributed by atoms with E-state index in [-0.39, 0.29) is 24.8 Å². The molecule has 7 heteroatoms. The minimum absolute atomic E-state index is 0.166. The first kappa shape index (κ1) is 18.6. The van der Waals surface area contributed by atoms with E-state index in [1.807, 2.05) is 37.3 Å². The molecule has 0 bridgehead atoms. The molecule has 0 radical (unpaired) electrons. The first-order valence-electron chi connectivity index (χ1n) is 8.44. The molecular weight excluding hydrogens is 362 g/mol. The summed E-state index contributed by atoms with van der Waals surface area (Å²) in [6.45, 7) is 2.16. The van der Waals surface area contributed by atoms with Crippen molar-refractivity contribution in [1.29, 1.82) is 0 Å². The number of thiazole rings is 1. The van der Waals surface area contributed by atoms with E-state index in [0.717, 1.165) is 16.1 Å². The summed E-state index contributed by atoms with van der Waals surface area (Å²) < 4.78 is 5.10. The SMILES string of the molecule is Cc1nc(NC(=O)CCNC(=O)/C=C/c2ccco2)sc1-c1ccccc1. The van der Waals surface area contributed by atoms with E-state index < -0.39 is 0 Å². The number of carbonyl (C=O) groups is 2. The van der Waals surface area contributed by atoms with E-state index in [4.69, 9.17) is 4.42 Å². The molecule has 0 unspecified atom stereocenters. The van der Waals surface area contributed by atoms with E-state index >= 15 is 0 Å². The van der Waals surface area contributed by atoms with Crippen LogP contribution >= 0.6 is 11.3 Å². The minimum Gasteiger partial charge on any atom is -0.465 e. The predicted octanol–water partition coefficient (Wildman–Crippen LogP) is 3.87. The summed E-state index contributed by atoms with van der Waals surface area (Å²) in [7, 11) is 0. The van der Waals surface area contributed by atoms with Gasteiger partial charge in [-0.1, -0.05) is 41.7 Å². The quantitative estimate of drug-likeness (QED) is 0.609. The Morgan fingerprint density at radius 3 is 2.74 bits per heavy atom. The Morgan fingerprint density at radius 1 is 1.19 bits per heavy atom. The molecule has 0 aliphatic rings. The number of benzene rings is 1. The molecule has 2 N–H and O–H groups in total. The second kappa shape index (κ2) is 8.95. The molecule has 3 aromatic rings. The number of hydrogen-bond acceptors (Lipinski definition) is 5. The first-order valence-corrected chi connectivity index (χ1v) is 9.25. The van der Waals surface area contributed by atoms with E-state index in [9.17, 15) is 9.59 Å². The molecule has 0 saturated heterocycles.